The number of nitrogens with one attached hydrogen (secondary N) is 2. The Bertz CT molecular complexity index is 1330. The van der Waals surface area contributed by atoms with Gasteiger partial charge in [0.1, 0.15) is 41.1 Å². The Hall–Kier alpha value is -4.30. The minimum absolute atomic E-state index is 0.0683. The van der Waals surface area contributed by atoms with Crippen LogP contribution in [0.25, 0.3) is 0 Å². The summed E-state index contributed by atoms with van der Waals surface area (Å²) in [5, 5.41) is 15.4. The fourth-order valence-corrected chi connectivity index (χ4v) is 4.91. The van der Waals surface area contributed by atoms with Crippen molar-refractivity contribution < 1.29 is 23.9 Å². The predicted molar refractivity (Wildman–Crippen MR) is 143 cm³/mol. The van der Waals surface area contributed by atoms with Gasteiger partial charge < -0.3 is 19.7 Å². The number of likely N-dealkylation sites (tertiary alicyclic amines) is 1. The van der Waals surface area contributed by atoms with Crippen LogP contribution in [0.5, 0.6) is 0 Å². The molecule has 4 heterocycles. The highest BCUT2D eigenvalue weighted by Crippen LogP contribution is 2.31. The average Bonchev–Trinajstić information content (AvgIpc) is 3.34. The highest BCUT2D eigenvalue weighted by molar-refractivity contribution is 6.01. The SMILES string of the molecule is COC[C@@H](C)Nc1cc(NC(=O)N2CCCc3cc(CN4CC[C@H](OC)C4=C=O)c(C=O)nc32)ncc1C#N. The Morgan fingerprint density at radius 3 is 2.85 bits per heavy atom. The summed E-state index contributed by atoms with van der Waals surface area (Å²) >= 11 is 0. The number of aryl methyl sites for hydroxylation is 1. The molecule has 0 saturated carbocycles. The lowest BCUT2D eigenvalue weighted by molar-refractivity contribution is 0.111. The summed E-state index contributed by atoms with van der Waals surface area (Å²) in [5.41, 5.74) is 3.00. The average molecular weight is 534 g/mol. The van der Waals surface area contributed by atoms with Crippen LogP contribution >= 0.6 is 0 Å². The molecule has 0 spiro atoms. The summed E-state index contributed by atoms with van der Waals surface area (Å²) in [6.45, 7) is 3.68. The molecule has 0 aliphatic carbocycles. The van der Waals surface area contributed by atoms with Gasteiger partial charge >= 0.3 is 6.03 Å². The van der Waals surface area contributed by atoms with Gasteiger partial charge in [0.05, 0.1) is 17.9 Å². The van der Waals surface area contributed by atoms with E-state index in [1.165, 1.54) is 11.1 Å². The monoisotopic (exact) mass is 533 g/mol. The van der Waals surface area contributed by atoms with Crippen molar-refractivity contribution in [2.45, 2.75) is 44.9 Å². The number of ether oxygens (including phenoxy) is 2. The first-order valence-corrected chi connectivity index (χ1v) is 12.7. The number of fused-ring (bicyclic) bond motifs is 1. The van der Waals surface area contributed by atoms with Crippen LogP contribution in [0.2, 0.25) is 0 Å². The van der Waals surface area contributed by atoms with Crippen molar-refractivity contribution >= 4 is 35.6 Å². The summed E-state index contributed by atoms with van der Waals surface area (Å²) in [6.07, 6.45) is 3.80. The van der Waals surface area contributed by atoms with Gasteiger partial charge in [-0.2, -0.15) is 5.26 Å². The van der Waals surface area contributed by atoms with E-state index in [1.54, 1.807) is 20.3 Å². The normalized spacial score (nSPS) is 17.2. The number of rotatable bonds is 9. The lowest BCUT2D eigenvalue weighted by atomic mass is 10.0. The number of aldehydes is 1. The van der Waals surface area contributed by atoms with Crippen molar-refractivity contribution in [1.29, 1.82) is 5.26 Å². The van der Waals surface area contributed by atoms with Crippen LogP contribution in [0.1, 0.15) is 46.9 Å². The molecule has 0 radical (unpaired) electrons. The van der Waals surface area contributed by atoms with E-state index in [0.717, 1.165) is 5.56 Å². The summed E-state index contributed by atoms with van der Waals surface area (Å²) in [5.74, 6) is 2.65. The second-order valence-corrected chi connectivity index (χ2v) is 9.47. The molecule has 1 saturated heterocycles. The zero-order valence-electron chi connectivity index (χ0n) is 22.2. The smallest absolute Gasteiger partial charge is 0.328 e. The van der Waals surface area contributed by atoms with Gasteiger partial charge in [-0.05, 0) is 37.8 Å². The van der Waals surface area contributed by atoms with E-state index in [-0.39, 0.29) is 23.7 Å². The van der Waals surface area contributed by atoms with Crippen molar-refractivity contribution in [3.8, 4) is 6.07 Å². The van der Waals surface area contributed by atoms with Gasteiger partial charge in [-0.3, -0.25) is 15.0 Å². The molecule has 12 nitrogen and oxygen atoms in total. The van der Waals surface area contributed by atoms with Gasteiger partial charge in [-0.15, -0.1) is 0 Å². The topological polar surface area (TPSA) is 150 Å². The van der Waals surface area contributed by atoms with Crippen molar-refractivity contribution in [3.63, 3.8) is 0 Å². The van der Waals surface area contributed by atoms with Gasteiger partial charge in [-0.25, -0.2) is 19.6 Å². The molecular formula is C27H31N7O5. The zero-order valence-corrected chi connectivity index (χ0v) is 22.2. The first kappa shape index (κ1) is 27.7. The maximum atomic E-state index is 13.3. The summed E-state index contributed by atoms with van der Waals surface area (Å²) in [7, 11) is 3.14. The Morgan fingerprint density at radius 2 is 2.15 bits per heavy atom. The van der Waals surface area contributed by atoms with Crippen LogP contribution in [-0.4, -0.2) is 79.2 Å². The molecular weight excluding hydrogens is 502 g/mol. The summed E-state index contributed by atoms with van der Waals surface area (Å²) in [6, 6.07) is 5.05. The molecule has 0 aromatic carbocycles. The van der Waals surface area contributed by atoms with Crippen LogP contribution in [0.3, 0.4) is 0 Å². The highest BCUT2D eigenvalue weighted by atomic mass is 16.5. The van der Waals surface area contributed by atoms with E-state index in [9.17, 15) is 19.6 Å². The Morgan fingerprint density at radius 1 is 1.33 bits per heavy atom. The molecule has 39 heavy (non-hydrogen) atoms. The number of anilines is 3. The number of carbonyl (C=O) groups is 2. The van der Waals surface area contributed by atoms with E-state index >= 15 is 0 Å². The third-order valence-electron chi connectivity index (χ3n) is 6.77. The minimum Gasteiger partial charge on any atom is -0.383 e. The second-order valence-electron chi connectivity index (χ2n) is 9.47. The number of nitrogens with zero attached hydrogens (tertiary/aromatic N) is 5. The summed E-state index contributed by atoms with van der Waals surface area (Å²) < 4.78 is 10.5. The van der Waals surface area contributed by atoms with Gasteiger partial charge in [0, 0.05) is 57.7 Å². The second kappa shape index (κ2) is 12.5. The Labute approximate surface area is 226 Å². The maximum Gasteiger partial charge on any atom is 0.328 e. The van der Waals surface area contributed by atoms with Crippen LogP contribution in [0.4, 0.5) is 22.1 Å². The van der Waals surface area contributed by atoms with E-state index < -0.39 is 6.03 Å². The quantitative estimate of drug-likeness (QED) is 0.364. The number of aromatic nitrogens is 2. The van der Waals surface area contributed by atoms with E-state index in [0.29, 0.717) is 80.1 Å². The number of amides is 2. The van der Waals surface area contributed by atoms with Crippen LogP contribution < -0.4 is 15.5 Å². The number of pyridine rings is 2. The molecule has 2 aliphatic heterocycles. The highest BCUT2D eigenvalue weighted by Gasteiger charge is 2.31. The first-order chi connectivity index (χ1) is 18.9. The lowest BCUT2D eigenvalue weighted by Gasteiger charge is -2.29. The van der Waals surface area contributed by atoms with Crippen molar-refractivity contribution in [2.24, 2.45) is 0 Å². The fourth-order valence-electron chi connectivity index (χ4n) is 4.91. The van der Waals surface area contributed by atoms with Gasteiger partial charge in [0.25, 0.3) is 0 Å². The van der Waals surface area contributed by atoms with Crippen LogP contribution in [-0.2, 0) is 27.2 Å². The number of carbonyl (C=O) groups excluding carboxylic acids is 3. The molecule has 2 aromatic rings. The van der Waals surface area contributed by atoms with Crippen LogP contribution in [0.15, 0.2) is 24.0 Å². The standard InChI is InChI=1S/C27H31N7O5/c1-17(16-38-2)30-21-10-25(29-12-20(21)11-28)32-27(37)34-7-4-5-18-9-19(22(14-35)31-26(18)34)13-33-8-6-24(39-3)23(33)15-36/h9-10,12,14,17,24H,4-8,13,16H2,1-3H3,(H2,29,30,32,37)/t17-,24+/m1/s1. The minimum atomic E-state index is -0.449. The van der Waals surface area contributed by atoms with Crippen molar-refractivity contribution in [2.75, 3.05) is 49.4 Å². The van der Waals surface area contributed by atoms with Gasteiger partial charge in [-0.1, -0.05) is 0 Å². The molecule has 12 heteroatoms. The molecule has 0 bridgehead atoms. The molecule has 2 atom stereocenters. The van der Waals surface area contributed by atoms with Crippen LogP contribution in [0, 0.1) is 11.3 Å². The third kappa shape index (κ3) is 6.07. The molecule has 2 N–H and O–H groups in total. The molecule has 1 fully saturated rings. The molecule has 4 rings (SSSR count). The van der Waals surface area contributed by atoms with E-state index in [2.05, 4.69) is 26.7 Å². The van der Waals surface area contributed by atoms with Gasteiger partial charge in [0.2, 0.25) is 0 Å². The Balaban J connectivity index is 1.55. The van der Waals surface area contributed by atoms with E-state index in [1.807, 2.05) is 23.8 Å². The molecule has 2 aromatic heterocycles. The van der Waals surface area contributed by atoms with Gasteiger partial charge in [0.15, 0.2) is 6.29 Å². The van der Waals surface area contributed by atoms with Crippen molar-refractivity contribution in [1.82, 2.24) is 14.9 Å². The third-order valence-corrected chi connectivity index (χ3v) is 6.77. The number of hydrogen-bond donors (Lipinski definition) is 2. The maximum absolute atomic E-state index is 13.3. The largest absolute Gasteiger partial charge is 0.383 e. The van der Waals surface area contributed by atoms with Crippen molar-refractivity contribution in [3.05, 3.63) is 46.4 Å². The molecule has 204 valence electrons. The Kier molecular flexibility index (Phi) is 8.88. The number of methoxy groups -OCH3 is 2. The molecule has 0 unspecified atom stereocenters. The molecule has 2 amide bonds. The number of urea groups is 1. The lowest BCUT2D eigenvalue weighted by Crippen LogP contribution is -2.40. The van der Waals surface area contributed by atoms with E-state index in [4.69, 9.17) is 9.47 Å². The number of hydrogen-bond acceptors (Lipinski definition) is 10. The fraction of sp³-hybridized carbons (Fsp3) is 0.444. The number of nitriles is 1. The summed E-state index contributed by atoms with van der Waals surface area (Å²) in [4.78, 5) is 48.9. The molecule has 2 aliphatic rings. The zero-order chi connectivity index (χ0) is 27.9. The predicted octanol–water partition coefficient (Wildman–Crippen LogP) is 2.53. The first-order valence-electron chi connectivity index (χ1n) is 12.7.